The smallest absolute Gasteiger partial charge is 0.262 e. The lowest BCUT2D eigenvalue weighted by Crippen LogP contribution is -2.21. The second-order valence-corrected chi connectivity index (χ2v) is 6.88. The first-order chi connectivity index (χ1) is 10.8. The van der Waals surface area contributed by atoms with Crippen LogP contribution < -0.4 is 10.1 Å². The fourth-order valence-electron chi connectivity index (χ4n) is 2.39. The highest BCUT2D eigenvalue weighted by Crippen LogP contribution is 2.24. The van der Waals surface area contributed by atoms with Crippen LogP contribution in [0.25, 0.3) is 0 Å². The quantitative estimate of drug-likeness (QED) is 0.895. The van der Waals surface area contributed by atoms with Crippen molar-refractivity contribution >= 4 is 11.6 Å². The molecule has 2 rings (SSSR count). The van der Waals surface area contributed by atoms with Crippen molar-refractivity contribution in [2.24, 2.45) is 0 Å². The highest BCUT2D eigenvalue weighted by Gasteiger charge is 2.13. The van der Waals surface area contributed by atoms with Crippen molar-refractivity contribution in [3.05, 3.63) is 59.2 Å². The number of para-hydroxylation sites is 1. The van der Waals surface area contributed by atoms with E-state index in [1.54, 1.807) is 0 Å². The molecule has 0 bridgehead atoms. The summed E-state index contributed by atoms with van der Waals surface area (Å²) in [6, 6.07) is 13.8. The van der Waals surface area contributed by atoms with Crippen LogP contribution in [0.3, 0.4) is 0 Å². The predicted octanol–water partition coefficient (Wildman–Crippen LogP) is 4.62. The van der Waals surface area contributed by atoms with Crippen LogP contribution in [-0.2, 0) is 10.2 Å². The summed E-state index contributed by atoms with van der Waals surface area (Å²) in [6.45, 7) is 10.5. The Morgan fingerprint density at radius 2 is 1.57 bits per heavy atom. The molecule has 2 aromatic rings. The fraction of sp³-hybridized carbons (Fsp3) is 0.350. The molecule has 0 spiro atoms. The lowest BCUT2D eigenvalue weighted by Gasteiger charge is -2.19. The molecule has 0 aliphatic carbocycles. The van der Waals surface area contributed by atoms with E-state index >= 15 is 0 Å². The van der Waals surface area contributed by atoms with Crippen molar-refractivity contribution in [3.8, 4) is 5.75 Å². The molecule has 122 valence electrons. The van der Waals surface area contributed by atoms with Crippen molar-refractivity contribution in [2.45, 2.75) is 40.0 Å². The largest absolute Gasteiger partial charge is 0.484 e. The third-order valence-corrected chi connectivity index (χ3v) is 3.84. The topological polar surface area (TPSA) is 38.3 Å². The van der Waals surface area contributed by atoms with Crippen LogP contribution in [0.2, 0.25) is 0 Å². The Kier molecular flexibility index (Phi) is 5.09. The number of aryl methyl sites for hydroxylation is 2. The standard InChI is InChI=1S/C20H25NO2/c1-14-7-6-8-15(2)19(14)21-18(22)13-23-17-11-9-16(10-12-17)20(3,4)5/h6-12H,13H2,1-5H3,(H,21,22). The van der Waals surface area contributed by atoms with Gasteiger partial charge in [0.2, 0.25) is 0 Å². The number of carbonyl (C=O) groups is 1. The Morgan fingerprint density at radius 3 is 2.09 bits per heavy atom. The molecule has 0 heterocycles. The van der Waals surface area contributed by atoms with E-state index in [1.807, 2.05) is 56.3 Å². The summed E-state index contributed by atoms with van der Waals surface area (Å²) in [5.41, 5.74) is 4.31. The fourth-order valence-corrected chi connectivity index (χ4v) is 2.39. The minimum atomic E-state index is -0.151. The number of amides is 1. The Labute approximate surface area is 138 Å². The van der Waals surface area contributed by atoms with Crippen LogP contribution in [0.5, 0.6) is 5.75 Å². The molecular formula is C20H25NO2. The molecule has 1 N–H and O–H groups in total. The highest BCUT2D eigenvalue weighted by atomic mass is 16.5. The Balaban J connectivity index is 1.94. The van der Waals surface area contributed by atoms with Gasteiger partial charge in [-0.25, -0.2) is 0 Å². The van der Waals surface area contributed by atoms with E-state index < -0.39 is 0 Å². The van der Waals surface area contributed by atoms with Crippen molar-refractivity contribution in [3.63, 3.8) is 0 Å². The number of ether oxygens (including phenoxy) is 1. The highest BCUT2D eigenvalue weighted by molar-refractivity contribution is 5.93. The van der Waals surface area contributed by atoms with Gasteiger partial charge in [-0.1, -0.05) is 51.1 Å². The monoisotopic (exact) mass is 311 g/mol. The first-order valence-corrected chi connectivity index (χ1v) is 7.87. The van der Waals surface area contributed by atoms with Crippen LogP contribution in [-0.4, -0.2) is 12.5 Å². The van der Waals surface area contributed by atoms with Crippen LogP contribution in [0.1, 0.15) is 37.5 Å². The SMILES string of the molecule is Cc1cccc(C)c1NC(=O)COc1ccc(C(C)(C)C)cc1. The number of carbonyl (C=O) groups excluding carboxylic acids is 1. The van der Waals surface area contributed by atoms with E-state index in [2.05, 4.69) is 26.1 Å². The zero-order valence-corrected chi connectivity index (χ0v) is 14.6. The van der Waals surface area contributed by atoms with E-state index in [9.17, 15) is 4.79 Å². The summed E-state index contributed by atoms with van der Waals surface area (Å²) in [7, 11) is 0. The molecule has 0 saturated heterocycles. The van der Waals surface area contributed by atoms with Gasteiger partial charge in [0.15, 0.2) is 6.61 Å². The van der Waals surface area contributed by atoms with Crippen LogP contribution in [0.4, 0.5) is 5.69 Å². The predicted molar refractivity (Wildman–Crippen MR) is 95.2 cm³/mol. The van der Waals surface area contributed by atoms with Crippen LogP contribution >= 0.6 is 0 Å². The third kappa shape index (κ3) is 4.59. The molecule has 3 heteroatoms. The number of hydrogen-bond acceptors (Lipinski definition) is 2. The Morgan fingerprint density at radius 1 is 1.00 bits per heavy atom. The van der Waals surface area contributed by atoms with E-state index in [1.165, 1.54) is 5.56 Å². The average molecular weight is 311 g/mol. The van der Waals surface area contributed by atoms with Gasteiger partial charge in [-0.2, -0.15) is 0 Å². The van der Waals surface area contributed by atoms with Crippen LogP contribution in [0.15, 0.2) is 42.5 Å². The summed E-state index contributed by atoms with van der Waals surface area (Å²) in [5, 5.41) is 2.92. The summed E-state index contributed by atoms with van der Waals surface area (Å²) in [6.07, 6.45) is 0. The number of rotatable bonds is 4. The maximum absolute atomic E-state index is 12.1. The first-order valence-electron chi connectivity index (χ1n) is 7.87. The first kappa shape index (κ1) is 17.1. The van der Waals surface area contributed by atoms with Crippen molar-refractivity contribution in [1.29, 1.82) is 0 Å². The molecule has 3 nitrogen and oxygen atoms in total. The molecule has 0 aliphatic rings. The Hall–Kier alpha value is -2.29. The summed E-state index contributed by atoms with van der Waals surface area (Å²) in [4.78, 5) is 12.1. The molecular weight excluding hydrogens is 286 g/mol. The maximum Gasteiger partial charge on any atom is 0.262 e. The molecule has 1 amide bonds. The molecule has 2 aromatic carbocycles. The molecule has 0 fully saturated rings. The number of hydrogen-bond donors (Lipinski definition) is 1. The normalized spacial score (nSPS) is 11.2. The lowest BCUT2D eigenvalue weighted by atomic mass is 9.87. The van der Waals surface area contributed by atoms with Gasteiger partial charge in [-0.15, -0.1) is 0 Å². The van der Waals surface area contributed by atoms with E-state index in [0.717, 1.165) is 16.8 Å². The number of anilines is 1. The van der Waals surface area contributed by atoms with Crippen LogP contribution in [0, 0.1) is 13.8 Å². The molecule has 0 radical (unpaired) electrons. The molecule has 23 heavy (non-hydrogen) atoms. The molecule has 0 saturated carbocycles. The molecule has 0 aromatic heterocycles. The summed E-state index contributed by atoms with van der Waals surface area (Å²) in [5.74, 6) is 0.553. The van der Waals surface area contributed by atoms with E-state index in [4.69, 9.17) is 4.74 Å². The van der Waals surface area contributed by atoms with Gasteiger partial charge in [0.1, 0.15) is 5.75 Å². The number of nitrogens with one attached hydrogen (secondary N) is 1. The van der Waals surface area contributed by atoms with Gasteiger partial charge in [0, 0.05) is 5.69 Å². The van der Waals surface area contributed by atoms with Gasteiger partial charge in [0.25, 0.3) is 5.91 Å². The van der Waals surface area contributed by atoms with E-state index in [-0.39, 0.29) is 17.9 Å². The number of benzene rings is 2. The van der Waals surface area contributed by atoms with E-state index in [0.29, 0.717) is 5.75 Å². The van der Waals surface area contributed by atoms with Gasteiger partial charge in [-0.05, 0) is 48.1 Å². The van der Waals surface area contributed by atoms with Gasteiger partial charge in [0.05, 0.1) is 0 Å². The second kappa shape index (κ2) is 6.86. The summed E-state index contributed by atoms with van der Waals surface area (Å²) >= 11 is 0. The maximum atomic E-state index is 12.1. The zero-order chi connectivity index (χ0) is 17.0. The van der Waals surface area contributed by atoms with Gasteiger partial charge >= 0.3 is 0 Å². The van der Waals surface area contributed by atoms with Gasteiger partial charge < -0.3 is 10.1 Å². The zero-order valence-electron chi connectivity index (χ0n) is 14.6. The lowest BCUT2D eigenvalue weighted by molar-refractivity contribution is -0.118. The minimum Gasteiger partial charge on any atom is -0.484 e. The average Bonchev–Trinajstić information content (AvgIpc) is 2.48. The third-order valence-electron chi connectivity index (χ3n) is 3.84. The van der Waals surface area contributed by atoms with Gasteiger partial charge in [-0.3, -0.25) is 4.79 Å². The van der Waals surface area contributed by atoms with Crippen molar-refractivity contribution in [1.82, 2.24) is 0 Å². The molecule has 0 aliphatic heterocycles. The molecule has 0 unspecified atom stereocenters. The molecule has 0 atom stereocenters. The second-order valence-electron chi connectivity index (χ2n) is 6.88. The summed E-state index contributed by atoms with van der Waals surface area (Å²) < 4.78 is 5.58. The Bertz CT molecular complexity index is 662. The minimum absolute atomic E-state index is 0.00262. The van der Waals surface area contributed by atoms with Crippen molar-refractivity contribution in [2.75, 3.05) is 11.9 Å². The van der Waals surface area contributed by atoms with Crippen molar-refractivity contribution < 1.29 is 9.53 Å².